The highest BCUT2D eigenvalue weighted by molar-refractivity contribution is 6.01. The molecule has 86 heavy (non-hydrogen) atoms. The Morgan fingerprint density at radius 3 is 1.43 bits per heavy atom. The van der Waals surface area contributed by atoms with E-state index in [9.17, 15) is 9.59 Å². The minimum atomic E-state index is -0.138. The third-order valence-electron chi connectivity index (χ3n) is 17.4. The number of ether oxygens (including phenoxy) is 4. The number of piperazine rings is 2. The van der Waals surface area contributed by atoms with Crippen molar-refractivity contribution in [2.75, 3.05) is 114 Å². The van der Waals surface area contributed by atoms with Gasteiger partial charge in [-0.1, -0.05) is 54.6 Å². The van der Waals surface area contributed by atoms with Gasteiger partial charge in [0.1, 0.15) is 0 Å². The first kappa shape index (κ1) is 59.3. The number of hydrogen-bond acceptors (Lipinski definition) is 16. The van der Waals surface area contributed by atoms with Gasteiger partial charge in [0.15, 0.2) is 23.0 Å². The quantitative estimate of drug-likeness (QED) is 0.0581. The number of rotatable bonds is 23. The number of methoxy groups -OCH3 is 4. The lowest BCUT2D eigenvalue weighted by Gasteiger charge is -2.37. The molecular formula is C68H82N12O6. The molecule has 18 nitrogen and oxygen atoms in total. The number of carbonyl (C=O) groups excluding carboxylic acids is 2. The normalized spacial score (nSPS) is 16.7. The summed E-state index contributed by atoms with van der Waals surface area (Å²) in [6.45, 7) is 15.5. The van der Waals surface area contributed by atoms with Crippen LogP contribution in [0.15, 0.2) is 128 Å². The number of anilines is 4. The molecular weight excluding hydrogens is 1080 g/mol. The Bertz CT molecular complexity index is 3440. The molecule has 2 saturated heterocycles. The first-order valence-corrected chi connectivity index (χ1v) is 30.5. The van der Waals surface area contributed by atoms with Crippen LogP contribution in [0.2, 0.25) is 0 Å². The molecule has 7 aromatic rings. The fourth-order valence-electron chi connectivity index (χ4n) is 12.7. The highest BCUT2D eigenvalue weighted by Gasteiger charge is 2.39. The molecule has 2 N–H and O–H groups in total. The largest absolute Gasteiger partial charge is 0.493 e. The summed E-state index contributed by atoms with van der Waals surface area (Å²) in [7, 11) is 6.57. The molecule has 6 heterocycles. The number of carbonyl (C=O) groups is 2. The summed E-state index contributed by atoms with van der Waals surface area (Å²) < 4.78 is 22.3. The van der Waals surface area contributed by atoms with Gasteiger partial charge in [0.05, 0.1) is 40.5 Å². The molecule has 2 atom stereocenters. The lowest BCUT2D eigenvalue weighted by Crippen LogP contribution is -2.47. The lowest BCUT2D eigenvalue weighted by molar-refractivity contribution is 0.0682. The van der Waals surface area contributed by atoms with Crippen molar-refractivity contribution in [2.24, 2.45) is 0 Å². The van der Waals surface area contributed by atoms with Crippen molar-refractivity contribution in [1.82, 2.24) is 39.5 Å². The Labute approximate surface area is 506 Å². The van der Waals surface area contributed by atoms with Crippen molar-refractivity contribution in [3.05, 3.63) is 178 Å². The van der Waals surface area contributed by atoms with Gasteiger partial charge in [-0.15, -0.1) is 0 Å². The standard InChI is InChI=1S/C36H42N6O3.C32H40N6O3/c1-26-16-18-38-36(39-26)37-17-8-13-31(28-14-15-33(44-2)34(23-28)45-3)42-25-30-29(35(42)43)11-7-12-32(30)41-21-19-40(20-22-41)24-27-9-5-4-6-10-27;1-22-13-15-34-32(35-22)33-14-5-8-27(23-9-12-29(40-2)30(20-23)41-3)38-21-26-25(31(38)39)6-4-7-28(26)37-18-16-36(17-19-37)24-10-11-24/h4-7,9-12,14-16,18,23,31H,8,13,17,19-22,24-25H2,1-3H3,(H,37,38,39);4,6-7,9,12-13,15,20,24,27H,5,8,10-11,14,16-19,21H2,1-3H3,(H,33,34,35)/t31-;27-/m11/s1. The van der Waals surface area contributed by atoms with E-state index < -0.39 is 0 Å². The van der Waals surface area contributed by atoms with Crippen LogP contribution in [0.5, 0.6) is 23.0 Å². The number of aromatic nitrogens is 4. The Balaban J connectivity index is 0.000000179. The SMILES string of the molecule is COc1ccc([C@@H](CCCNc2nccc(C)n2)N2Cc3c(cccc3N3CCN(C4CC4)CC3)C2=O)cc1OC.COc1ccc([C@@H](CCCNc2nccc(C)n2)N2Cc3c(cccc3N3CCN(Cc4ccccc4)CC3)C2=O)cc1OC. The molecule has 0 unspecified atom stereocenters. The zero-order valence-corrected chi connectivity index (χ0v) is 50.7. The van der Waals surface area contributed by atoms with Crippen LogP contribution in [-0.2, 0) is 19.6 Å². The second-order valence-electron chi connectivity index (χ2n) is 22.9. The fourth-order valence-corrected chi connectivity index (χ4v) is 12.7. The van der Waals surface area contributed by atoms with Crippen molar-refractivity contribution < 1.29 is 28.5 Å². The molecule has 3 fully saturated rings. The number of nitrogens with zero attached hydrogens (tertiary/aromatic N) is 10. The Kier molecular flexibility index (Phi) is 19.1. The Morgan fingerprint density at radius 1 is 0.523 bits per heavy atom. The van der Waals surface area contributed by atoms with E-state index in [1.807, 2.05) is 90.4 Å². The van der Waals surface area contributed by atoms with Gasteiger partial charge in [-0.05, 0) is 130 Å². The third kappa shape index (κ3) is 13.8. The summed E-state index contributed by atoms with van der Waals surface area (Å²) in [5, 5.41) is 6.68. The van der Waals surface area contributed by atoms with Crippen molar-refractivity contribution in [3.63, 3.8) is 0 Å². The maximum atomic E-state index is 14.1. The van der Waals surface area contributed by atoms with Crippen molar-refractivity contribution in [3.8, 4) is 23.0 Å². The molecule has 1 saturated carbocycles. The molecule has 1 aliphatic carbocycles. The number of amides is 2. The molecule has 5 aromatic carbocycles. The van der Waals surface area contributed by atoms with Gasteiger partial charge in [0.2, 0.25) is 11.9 Å². The first-order chi connectivity index (χ1) is 42.1. The van der Waals surface area contributed by atoms with Crippen molar-refractivity contribution in [2.45, 2.75) is 90.1 Å². The molecule has 18 heteroatoms. The predicted octanol–water partition coefficient (Wildman–Crippen LogP) is 10.4. The minimum Gasteiger partial charge on any atom is -0.493 e. The molecule has 5 aliphatic rings. The summed E-state index contributed by atoms with van der Waals surface area (Å²) >= 11 is 0. The molecule has 4 aliphatic heterocycles. The van der Waals surface area contributed by atoms with Crippen LogP contribution in [-0.4, -0.2) is 151 Å². The molecule has 450 valence electrons. The maximum Gasteiger partial charge on any atom is 0.255 e. The van der Waals surface area contributed by atoms with E-state index in [0.29, 0.717) is 61.1 Å². The van der Waals surface area contributed by atoms with E-state index >= 15 is 0 Å². The van der Waals surface area contributed by atoms with Crippen molar-refractivity contribution >= 4 is 35.1 Å². The number of fused-ring (bicyclic) bond motifs is 2. The fraction of sp³-hybridized carbons (Fsp3) is 0.412. The monoisotopic (exact) mass is 1160 g/mol. The van der Waals surface area contributed by atoms with Crippen LogP contribution in [0, 0.1) is 13.8 Å². The van der Waals surface area contributed by atoms with Gasteiger partial charge in [0, 0.05) is 149 Å². The van der Waals surface area contributed by atoms with E-state index in [1.165, 1.54) is 29.8 Å². The van der Waals surface area contributed by atoms with E-state index in [2.05, 4.69) is 98.7 Å². The molecule has 0 bridgehead atoms. The smallest absolute Gasteiger partial charge is 0.255 e. The molecule has 12 rings (SSSR count). The second kappa shape index (κ2) is 27.7. The van der Waals surface area contributed by atoms with E-state index in [0.717, 1.165) is 135 Å². The number of nitrogens with one attached hydrogen (secondary N) is 2. The van der Waals surface area contributed by atoms with E-state index in [1.54, 1.807) is 40.8 Å². The van der Waals surface area contributed by atoms with Gasteiger partial charge in [-0.3, -0.25) is 19.4 Å². The molecule has 2 aromatic heterocycles. The van der Waals surface area contributed by atoms with Gasteiger partial charge >= 0.3 is 0 Å². The van der Waals surface area contributed by atoms with Gasteiger partial charge in [0.25, 0.3) is 11.8 Å². The van der Waals surface area contributed by atoms with Crippen LogP contribution in [0.1, 0.15) is 111 Å². The Morgan fingerprint density at radius 2 is 0.988 bits per heavy atom. The van der Waals surface area contributed by atoms with Crippen molar-refractivity contribution in [1.29, 1.82) is 0 Å². The highest BCUT2D eigenvalue weighted by atomic mass is 16.5. The second-order valence-corrected chi connectivity index (χ2v) is 22.9. The average Bonchev–Trinajstić information content (AvgIpc) is 2.71. The lowest BCUT2D eigenvalue weighted by atomic mass is 9.99. The van der Waals surface area contributed by atoms with Crippen LogP contribution in [0.3, 0.4) is 0 Å². The summed E-state index contributed by atoms with van der Waals surface area (Å²) in [6, 6.07) is 39.4. The first-order valence-electron chi connectivity index (χ1n) is 30.5. The number of aryl methyl sites for hydroxylation is 2. The highest BCUT2D eigenvalue weighted by Crippen LogP contribution is 2.43. The number of benzene rings is 5. The molecule has 0 spiro atoms. The average molecular weight is 1160 g/mol. The minimum absolute atomic E-state index is 0.0734. The topological polar surface area (TPSA) is 166 Å². The predicted molar refractivity (Wildman–Crippen MR) is 337 cm³/mol. The van der Waals surface area contributed by atoms with Crippen LogP contribution in [0.25, 0.3) is 0 Å². The maximum absolute atomic E-state index is 14.1. The molecule has 2 amide bonds. The van der Waals surface area contributed by atoms with Gasteiger partial charge < -0.3 is 49.2 Å². The summed E-state index contributed by atoms with van der Waals surface area (Å²) in [4.78, 5) is 59.8. The van der Waals surface area contributed by atoms with Crippen LogP contribution in [0.4, 0.5) is 23.3 Å². The Hall–Kier alpha value is -8.48. The van der Waals surface area contributed by atoms with E-state index in [-0.39, 0.29) is 23.9 Å². The van der Waals surface area contributed by atoms with Crippen LogP contribution >= 0.6 is 0 Å². The zero-order chi connectivity index (χ0) is 59.5. The summed E-state index contributed by atoms with van der Waals surface area (Å²) in [6.07, 6.45) is 9.42. The van der Waals surface area contributed by atoms with Crippen LogP contribution < -0.4 is 39.4 Å². The zero-order valence-electron chi connectivity index (χ0n) is 50.7. The third-order valence-corrected chi connectivity index (χ3v) is 17.4. The van der Waals surface area contributed by atoms with E-state index in [4.69, 9.17) is 18.9 Å². The van der Waals surface area contributed by atoms with Gasteiger partial charge in [-0.2, -0.15) is 0 Å². The van der Waals surface area contributed by atoms with Gasteiger partial charge in [-0.25, -0.2) is 19.9 Å². The number of hydrogen-bond donors (Lipinski definition) is 2. The molecule has 0 radical (unpaired) electrons. The summed E-state index contributed by atoms with van der Waals surface area (Å²) in [5.74, 6) is 4.08. The summed E-state index contributed by atoms with van der Waals surface area (Å²) in [5.41, 5.74) is 11.5.